The summed E-state index contributed by atoms with van der Waals surface area (Å²) in [5, 5.41) is 6.01. The Bertz CT molecular complexity index is 586. The van der Waals surface area contributed by atoms with Crippen molar-refractivity contribution < 1.29 is 0 Å². The molecule has 0 aromatic carbocycles. The van der Waals surface area contributed by atoms with Gasteiger partial charge < -0.3 is 9.88 Å². The van der Waals surface area contributed by atoms with Gasteiger partial charge in [0, 0.05) is 24.2 Å². The van der Waals surface area contributed by atoms with Crippen molar-refractivity contribution in [3.8, 4) is 11.3 Å². The van der Waals surface area contributed by atoms with Gasteiger partial charge in [0.2, 0.25) is 0 Å². The van der Waals surface area contributed by atoms with Crippen molar-refractivity contribution in [1.29, 1.82) is 0 Å². The molecule has 0 atom stereocenters. The van der Waals surface area contributed by atoms with E-state index in [1.807, 2.05) is 24.4 Å². The lowest BCUT2D eigenvalue weighted by atomic mass is 10.2. The molecule has 0 amide bonds. The molecule has 0 bridgehead atoms. The number of nitrogens with one attached hydrogen (secondary N) is 1. The van der Waals surface area contributed by atoms with Gasteiger partial charge in [0.05, 0.1) is 11.3 Å². The van der Waals surface area contributed by atoms with Crippen LogP contribution in [0.2, 0.25) is 0 Å². The average Bonchev–Trinajstić information content (AvgIpc) is 2.76. The molecule has 0 saturated carbocycles. The van der Waals surface area contributed by atoms with Gasteiger partial charge in [0.25, 0.3) is 5.56 Å². The summed E-state index contributed by atoms with van der Waals surface area (Å²) in [7, 11) is 0. The minimum atomic E-state index is 0.0152. The summed E-state index contributed by atoms with van der Waals surface area (Å²) >= 11 is 1.52. The molecule has 0 unspecified atom stereocenters. The summed E-state index contributed by atoms with van der Waals surface area (Å²) in [6, 6.07) is 4.05. The summed E-state index contributed by atoms with van der Waals surface area (Å²) in [5.74, 6) is 0. The maximum absolute atomic E-state index is 12.1. The molecule has 4 nitrogen and oxygen atoms in total. The SMILES string of the molecule is CCn1cccc(-c2csc(NC(C)C)n2)c1=O. The first kappa shape index (κ1) is 12.8. The van der Waals surface area contributed by atoms with Gasteiger partial charge in [-0.15, -0.1) is 11.3 Å². The summed E-state index contributed by atoms with van der Waals surface area (Å²) in [6.07, 6.45) is 1.80. The van der Waals surface area contributed by atoms with Gasteiger partial charge in [-0.3, -0.25) is 4.79 Å². The van der Waals surface area contributed by atoms with E-state index >= 15 is 0 Å². The molecule has 2 rings (SSSR count). The number of hydrogen-bond donors (Lipinski definition) is 1. The highest BCUT2D eigenvalue weighted by Crippen LogP contribution is 2.22. The van der Waals surface area contributed by atoms with Crippen LogP contribution in [0.1, 0.15) is 20.8 Å². The number of nitrogens with zero attached hydrogens (tertiary/aromatic N) is 2. The highest BCUT2D eigenvalue weighted by atomic mass is 32.1. The third kappa shape index (κ3) is 2.61. The summed E-state index contributed by atoms with van der Waals surface area (Å²) in [4.78, 5) is 16.6. The zero-order chi connectivity index (χ0) is 13.1. The first-order valence-corrected chi connectivity index (χ1v) is 6.91. The van der Waals surface area contributed by atoms with Crippen LogP contribution in [-0.4, -0.2) is 15.6 Å². The normalized spacial score (nSPS) is 10.9. The smallest absolute Gasteiger partial charge is 0.260 e. The first-order valence-electron chi connectivity index (χ1n) is 6.03. The van der Waals surface area contributed by atoms with Crippen molar-refractivity contribution >= 4 is 16.5 Å². The Hall–Kier alpha value is -1.62. The molecule has 0 aliphatic carbocycles. The fraction of sp³-hybridized carbons (Fsp3) is 0.385. The number of thiazole rings is 1. The molecule has 0 radical (unpaired) electrons. The van der Waals surface area contributed by atoms with Crippen molar-refractivity contribution in [3.63, 3.8) is 0 Å². The van der Waals surface area contributed by atoms with Gasteiger partial charge >= 0.3 is 0 Å². The van der Waals surface area contributed by atoms with Crippen molar-refractivity contribution in [1.82, 2.24) is 9.55 Å². The minimum absolute atomic E-state index is 0.0152. The minimum Gasteiger partial charge on any atom is -0.359 e. The van der Waals surface area contributed by atoms with E-state index in [0.717, 1.165) is 10.8 Å². The molecular weight excluding hydrogens is 246 g/mol. The van der Waals surface area contributed by atoms with E-state index in [2.05, 4.69) is 24.1 Å². The molecule has 2 aromatic rings. The monoisotopic (exact) mass is 263 g/mol. The number of anilines is 1. The molecule has 0 spiro atoms. The zero-order valence-corrected chi connectivity index (χ0v) is 11.6. The fourth-order valence-corrected chi connectivity index (χ4v) is 2.55. The van der Waals surface area contributed by atoms with Gasteiger partial charge in [0.1, 0.15) is 0 Å². The number of hydrogen-bond acceptors (Lipinski definition) is 4. The Kier molecular flexibility index (Phi) is 3.81. The fourth-order valence-electron chi connectivity index (χ4n) is 1.69. The van der Waals surface area contributed by atoms with Crippen LogP contribution < -0.4 is 10.9 Å². The van der Waals surface area contributed by atoms with Crippen LogP contribution in [0.15, 0.2) is 28.5 Å². The molecule has 96 valence electrons. The second-order valence-corrected chi connectivity index (χ2v) is 5.21. The summed E-state index contributed by atoms with van der Waals surface area (Å²) in [6.45, 7) is 6.76. The Labute approximate surface area is 110 Å². The van der Waals surface area contributed by atoms with E-state index < -0.39 is 0 Å². The van der Waals surface area contributed by atoms with Crippen LogP contribution in [0, 0.1) is 0 Å². The largest absolute Gasteiger partial charge is 0.359 e. The Morgan fingerprint density at radius 3 is 2.94 bits per heavy atom. The van der Waals surface area contributed by atoms with Gasteiger partial charge in [-0.1, -0.05) is 0 Å². The van der Waals surface area contributed by atoms with E-state index in [1.54, 1.807) is 10.8 Å². The standard InChI is InChI=1S/C13H17N3OS/c1-4-16-7-5-6-10(12(16)17)11-8-18-13(15-11)14-9(2)3/h5-9H,4H2,1-3H3,(H,14,15). The van der Waals surface area contributed by atoms with E-state index in [1.165, 1.54) is 11.3 Å². The van der Waals surface area contributed by atoms with Crippen LogP contribution in [-0.2, 0) is 6.54 Å². The van der Waals surface area contributed by atoms with Crippen molar-refractivity contribution in [2.45, 2.75) is 33.4 Å². The Balaban J connectivity index is 2.37. The lowest BCUT2D eigenvalue weighted by molar-refractivity contribution is 0.728. The van der Waals surface area contributed by atoms with Crippen molar-refractivity contribution in [3.05, 3.63) is 34.1 Å². The van der Waals surface area contributed by atoms with E-state index in [9.17, 15) is 4.79 Å². The third-order valence-electron chi connectivity index (χ3n) is 2.55. The number of pyridine rings is 1. The average molecular weight is 263 g/mol. The molecular formula is C13H17N3OS. The van der Waals surface area contributed by atoms with Gasteiger partial charge in [-0.25, -0.2) is 4.98 Å². The van der Waals surface area contributed by atoms with Crippen LogP contribution in [0.25, 0.3) is 11.3 Å². The molecule has 0 aliphatic rings. The second-order valence-electron chi connectivity index (χ2n) is 4.35. The first-order chi connectivity index (χ1) is 8.61. The lowest BCUT2D eigenvalue weighted by Crippen LogP contribution is -2.19. The highest BCUT2D eigenvalue weighted by Gasteiger charge is 2.09. The predicted molar refractivity (Wildman–Crippen MR) is 76.2 cm³/mol. The lowest BCUT2D eigenvalue weighted by Gasteiger charge is -2.05. The number of aryl methyl sites for hydroxylation is 1. The molecule has 0 fully saturated rings. The molecule has 18 heavy (non-hydrogen) atoms. The van der Waals surface area contributed by atoms with Crippen LogP contribution in [0.3, 0.4) is 0 Å². The van der Waals surface area contributed by atoms with E-state index in [-0.39, 0.29) is 5.56 Å². The van der Waals surface area contributed by atoms with Gasteiger partial charge in [0.15, 0.2) is 5.13 Å². The van der Waals surface area contributed by atoms with Gasteiger partial charge in [-0.2, -0.15) is 0 Å². The Morgan fingerprint density at radius 2 is 2.28 bits per heavy atom. The summed E-state index contributed by atoms with van der Waals surface area (Å²) < 4.78 is 1.68. The summed E-state index contributed by atoms with van der Waals surface area (Å²) in [5.41, 5.74) is 1.42. The number of rotatable bonds is 4. The molecule has 2 aromatic heterocycles. The van der Waals surface area contributed by atoms with Crippen molar-refractivity contribution in [2.24, 2.45) is 0 Å². The molecule has 5 heteroatoms. The Morgan fingerprint density at radius 1 is 1.50 bits per heavy atom. The van der Waals surface area contributed by atoms with E-state index in [0.29, 0.717) is 18.2 Å². The second kappa shape index (κ2) is 5.35. The highest BCUT2D eigenvalue weighted by molar-refractivity contribution is 7.14. The molecule has 0 aliphatic heterocycles. The predicted octanol–water partition coefficient (Wildman–Crippen LogP) is 2.81. The zero-order valence-electron chi connectivity index (χ0n) is 10.8. The molecule has 2 heterocycles. The maximum Gasteiger partial charge on any atom is 0.260 e. The third-order valence-corrected chi connectivity index (χ3v) is 3.33. The van der Waals surface area contributed by atoms with Gasteiger partial charge in [-0.05, 0) is 32.9 Å². The molecule has 0 saturated heterocycles. The quantitative estimate of drug-likeness (QED) is 0.922. The van der Waals surface area contributed by atoms with Crippen LogP contribution >= 0.6 is 11.3 Å². The number of aromatic nitrogens is 2. The van der Waals surface area contributed by atoms with Crippen molar-refractivity contribution in [2.75, 3.05) is 5.32 Å². The van der Waals surface area contributed by atoms with E-state index in [4.69, 9.17) is 0 Å². The molecule has 1 N–H and O–H groups in total. The van der Waals surface area contributed by atoms with Crippen LogP contribution in [0.5, 0.6) is 0 Å². The van der Waals surface area contributed by atoms with Crippen LogP contribution in [0.4, 0.5) is 5.13 Å². The maximum atomic E-state index is 12.1. The topological polar surface area (TPSA) is 46.9 Å².